The summed E-state index contributed by atoms with van der Waals surface area (Å²) in [6.45, 7) is 3.81. The topological polar surface area (TPSA) is 45.3 Å². The van der Waals surface area contributed by atoms with E-state index < -0.39 is 10.8 Å². The van der Waals surface area contributed by atoms with Crippen LogP contribution in [0.3, 0.4) is 0 Å². The third kappa shape index (κ3) is 4.10. The van der Waals surface area contributed by atoms with Crippen LogP contribution in [-0.2, 0) is 23.8 Å². The van der Waals surface area contributed by atoms with Crippen LogP contribution in [0.5, 0.6) is 5.75 Å². The van der Waals surface area contributed by atoms with Crippen LogP contribution in [0, 0.1) is 6.92 Å². The number of aromatic amines is 1. The van der Waals surface area contributed by atoms with Crippen molar-refractivity contribution in [1.29, 1.82) is 0 Å². The monoisotopic (exact) mass is 444 g/mol. The number of aromatic nitrogens is 1. The molecule has 0 aliphatic carbocycles. The Morgan fingerprint density at radius 3 is 2.53 bits per heavy atom. The van der Waals surface area contributed by atoms with E-state index in [1.165, 1.54) is 27.8 Å². The molecule has 2 atom stereocenters. The van der Waals surface area contributed by atoms with Crippen molar-refractivity contribution >= 4 is 21.7 Å². The van der Waals surface area contributed by atoms with Crippen molar-refractivity contribution in [3.05, 3.63) is 95.2 Å². The van der Waals surface area contributed by atoms with Gasteiger partial charge in [-0.3, -0.25) is 9.11 Å². The molecule has 0 unspecified atom stereocenters. The Morgan fingerprint density at radius 2 is 1.78 bits per heavy atom. The number of fused-ring (bicyclic) bond motifs is 3. The molecule has 2 heterocycles. The fourth-order valence-electron chi connectivity index (χ4n) is 4.64. The minimum atomic E-state index is -1.08. The fraction of sp³-hybridized carbons (Fsp3) is 0.259. The Bertz CT molecular complexity index is 1250. The first-order valence-electron chi connectivity index (χ1n) is 11.0. The molecule has 3 aromatic carbocycles. The van der Waals surface area contributed by atoms with Gasteiger partial charge in [0.1, 0.15) is 5.75 Å². The van der Waals surface area contributed by atoms with Crippen LogP contribution >= 0.6 is 0 Å². The van der Waals surface area contributed by atoms with E-state index in [-0.39, 0.29) is 6.04 Å². The van der Waals surface area contributed by atoms with Gasteiger partial charge in [0.15, 0.2) is 0 Å². The first-order chi connectivity index (χ1) is 15.6. The molecule has 1 aliphatic rings. The smallest absolute Gasteiger partial charge is 0.118 e. The molecule has 1 N–H and O–H groups in total. The van der Waals surface area contributed by atoms with Gasteiger partial charge in [-0.15, -0.1) is 0 Å². The molecule has 164 valence electrons. The summed E-state index contributed by atoms with van der Waals surface area (Å²) in [5, 5.41) is 1.29. The maximum absolute atomic E-state index is 13.4. The Morgan fingerprint density at radius 1 is 1.03 bits per heavy atom. The lowest BCUT2D eigenvalue weighted by Crippen LogP contribution is -2.37. The molecule has 0 amide bonds. The summed E-state index contributed by atoms with van der Waals surface area (Å²) in [5.41, 5.74) is 6.16. The highest BCUT2D eigenvalue weighted by molar-refractivity contribution is 7.85. The number of aryl methyl sites for hydroxylation is 1. The number of H-pyrrole nitrogens is 1. The van der Waals surface area contributed by atoms with Crippen LogP contribution in [0.4, 0.5) is 0 Å². The number of para-hydroxylation sites is 1. The largest absolute Gasteiger partial charge is 0.497 e. The second kappa shape index (κ2) is 8.93. The van der Waals surface area contributed by atoms with E-state index in [4.69, 9.17) is 4.74 Å². The SMILES string of the molecule is COc1ccc(CN2CCc3c([nH]c4ccccc34)[C@@H]2C[S@@](=O)c2ccc(C)cc2)cc1. The lowest BCUT2D eigenvalue weighted by Gasteiger charge is -2.35. The molecule has 5 rings (SSSR count). The van der Waals surface area contributed by atoms with Crippen LogP contribution in [0.1, 0.15) is 28.4 Å². The molecule has 4 aromatic rings. The molecule has 4 nitrogen and oxygen atoms in total. The van der Waals surface area contributed by atoms with Gasteiger partial charge in [0.2, 0.25) is 0 Å². The predicted molar refractivity (Wildman–Crippen MR) is 131 cm³/mol. The molecular formula is C27H28N2O2S. The van der Waals surface area contributed by atoms with Crippen molar-refractivity contribution in [2.24, 2.45) is 0 Å². The molecule has 1 aromatic heterocycles. The van der Waals surface area contributed by atoms with Gasteiger partial charge in [-0.05, 0) is 54.8 Å². The lowest BCUT2D eigenvalue weighted by molar-refractivity contribution is 0.189. The third-order valence-electron chi connectivity index (χ3n) is 6.41. The minimum Gasteiger partial charge on any atom is -0.497 e. The zero-order valence-electron chi connectivity index (χ0n) is 18.5. The Balaban J connectivity index is 1.48. The highest BCUT2D eigenvalue weighted by Gasteiger charge is 2.32. The van der Waals surface area contributed by atoms with Gasteiger partial charge in [0, 0.05) is 40.3 Å². The maximum atomic E-state index is 13.4. The molecule has 0 fully saturated rings. The van der Waals surface area contributed by atoms with Gasteiger partial charge in [-0.2, -0.15) is 0 Å². The van der Waals surface area contributed by atoms with Crippen molar-refractivity contribution in [2.45, 2.75) is 30.8 Å². The molecular weight excluding hydrogens is 416 g/mol. The molecule has 5 heteroatoms. The summed E-state index contributed by atoms with van der Waals surface area (Å²) >= 11 is 0. The van der Waals surface area contributed by atoms with Crippen molar-refractivity contribution in [3.8, 4) is 5.75 Å². The van der Waals surface area contributed by atoms with Crippen molar-refractivity contribution in [3.63, 3.8) is 0 Å². The van der Waals surface area contributed by atoms with E-state index in [0.29, 0.717) is 5.75 Å². The predicted octanol–water partition coefficient (Wildman–Crippen LogP) is 5.39. The van der Waals surface area contributed by atoms with Crippen LogP contribution in [0.2, 0.25) is 0 Å². The summed E-state index contributed by atoms with van der Waals surface area (Å²) in [6.07, 6.45) is 0.989. The lowest BCUT2D eigenvalue weighted by atomic mass is 9.97. The first kappa shape index (κ1) is 21.0. The average Bonchev–Trinajstić information content (AvgIpc) is 3.20. The minimum absolute atomic E-state index is 0.0652. The van der Waals surface area contributed by atoms with Crippen LogP contribution in [0.25, 0.3) is 10.9 Å². The number of nitrogens with zero attached hydrogens (tertiary/aromatic N) is 1. The van der Waals surface area contributed by atoms with Crippen molar-refractivity contribution in [1.82, 2.24) is 9.88 Å². The van der Waals surface area contributed by atoms with Crippen LogP contribution in [0.15, 0.2) is 77.7 Å². The van der Waals surface area contributed by atoms with E-state index >= 15 is 0 Å². The van der Waals surface area contributed by atoms with Gasteiger partial charge >= 0.3 is 0 Å². The number of ether oxygens (including phenoxy) is 1. The maximum Gasteiger partial charge on any atom is 0.118 e. The Kier molecular flexibility index (Phi) is 5.85. The number of hydrogen-bond acceptors (Lipinski definition) is 3. The number of methoxy groups -OCH3 is 1. The Labute approximate surface area is 191 Å². The summed E-state index contributed by atoms with van der Waals surface area (Å²) in [4.78, 5) is 7.03. The van der Waals surface area contributed by atoms with Gasteiger partial charge < -0.3 is 9.72 Å². The number of benzene rings is 3. The van der Waals surface area contributed by atoms with Crippen LogP contribution < -0.4 is 4.74 Å². The van der Waals surface area contributed by atoms with Crippen LogP contribution in [-0.4, -0.2) is 33.5 Å². The average molecular weight is 445 g/mol. The molecule has 1 aliphatic heterocycles. The molecule has 0 bridgehead atoms. The highest BCUT2D eigenvalue weighted by Crippen LogP contribution is 2.36. The van der Waals surface area contributed by atoms with E-state index in [0.717, 1.165) is 35.7 Å². The van der Waals surface area contributed by atoms with Gasteiger partial charge in [-0.1, -0.05) is 48.0 Å². The molecule has 0 radical (unpaired) electrons. The zero-order valence-corrected chi connectivity index (χ0v) is 19.3. The van der Waals surface area contributed by atoms with Crippen molar-refractivity contribution < 1.29 is 8.95 Å². The van der Waals surface area contributed by atoms with E-state index in [2.05, 4.69) is 53.2 Å². The molecule has 0 saturated carbocycles. The number of nitrogens with one attached hydrogen (secondary N) is 1. The molecule has 0 saturated heterocycles. The zero-order chi connectivity index (χ0) is 22.1. The first-order valence-corrected chi connectivity index (χ1v) is 12.4. The van der Waals surface area contributed by atoms with E-state index in [1.807, 2.05) is 36.4 Å². The standard InChI is InChI=1S/C27H28N2O2S/c1-19-7-13-22(14-8-19)32(30)18-26-27-24(23-5-3-4-6-25(23)28-27)15-16-29(26)17-20-9-11-21(31-2)12-10-20/h3-14,26,28H,15-18H2,1-2H3/t26-,32+/m0/s1. The second-order valence-electron chi connectivity index (χ2n) is 8.47. The van der Waals surface area contributed by atoms with Gasteiger partial charge in [-0.25, -0.2) is 0 Å². The summed E-state index contributed by atoms with van der Waals surface area (Å²) in [7, 11) is 0.604. The van der Waals surface area contributed by atoms with E-state index in [1.54, 1.807) is 7.11 Å². The quantitative estimate of drug-likeness (QED) is 0.434. The van der Waals surface area contributed by atoms with Gasteiger partial charge in [0.25, 0.3) is 0 Å². The summed E-state index contributed by atoms with van der Waals surface area (Å²) in [5.74, 6) is 1.43. The van der Waals surface area contributed by atoms with Gasteiger partial charge in [0.05, 0.1) is 24.0 Å². The van der Waals surface area contributed by atoms with E-state index in [9.17, 15) is 4.21 Å². The van der Waals surface area contributed by atoms with Crippen molar-refractivity contribution in [2.75, 3.05) is 19.4 Å². The normalized spacial score (nSPS) is 17.2. The summed E-state index contributed by atoms with van der Waals surface area (Å²) in [6, 6.07) is 24.9. The summed E-state index contributed by atoms with van der Waals surface area (Å²) < 4.78 is 18.7. The molecule has 32 heavy (non-hydrogen) atoms. The second-order valence-corrected chi connectivity index (χ2v) is 9.97. The fourth-order valence-corrected chi connectivity index (χ4v) is 5.94. The number of rotatable bonds is 6. The third-order valence-corrected chi connectivity index (χ3v) is 7.82. The number of hydrogen-bond donors (Lipinski definition) is 1. The Hall–Kier alpha value is -2.89. The molecule has 0 spiro atoms. The highest BCUT2D eigenvalue weighted by atomic mass is 32.2.